The van der Waals surface area contributed by atoms with Gasteiger partial charge in [-0.2, -0.15) is 13.2 Å². The minimum atomic E-state index is -4.23. The normalized spacial score (nSPS) is 17.1. The van der Waals surface area contributed by atoms with Crippen LogP contribution in [-0.4, -0.2) is 55.1 Å². The highest BCUT2D eigenvalue weighted by molar-refractivity contribution is 4.84. The molecule has 1 fully saturated rings. The van der Waals surface area contributed by atoms with Crippen LogP contribution in [0.1, 0.15) is 19.3 Å². The summed E-state index contributed by atoms with van der Waals surface area (Å²) in [6.07, 6.45) is -1.40. The van der Waals surface area contributed by atoms with Crippen LogP contribution in [0.25, 0.3) is 0 Å². The second kappa shape index (κ2) is 6.42. The lowest BCUT2D eigenvalue weighted by atomic mass is 10.3. The van der Waals surface area contributed by atoms with Crippen molar-refractivity contribution in [2.45, 2.75) is 31.5 Å². The minimum Gasteiger partial charge on any atom is -0.395 e. The van der Waals surface area contributed by atoms with Crippen molar-refractivity contribution < 1.29 is 23.0 Å². The van der Waals surface area contributed by atoms with Crippen molar-refractivity contribution in [3.05, 3.63) is 0 Å². The Morgan fingerprint density at radius 2 is 1.94 bits per heavy atom. The Hall–Kier alpha value is -0.330. The van der Waals surface area contributed by atoms with E-state index in [-0.39, 0.29) is 13.2 Å². The molecule has 0 radical (unpaired) electrons. The van der Waals surface area contributed by atoms with Gasteiger partial charge < -0.3 is 9.84 Å². The molecule has 16 heavy (non-hydrogen) atoms. The Balaban J connectivity index is 2.00. The van der Waals surface area contributed by atoms with Gasteiger partial charge in [-0.05, 0) is 19.3 Å². The summed E-state index contributed by atoms with van der Waals surface area (Å²) in [4.78, 5) is 2.11. The Morgan fingerprint density at radius 1 is 1.25 bits per heavy atom. The van der Waals surface area contributed by atoms with E-state index in [1.165, 1.54) is 0 Å². The van der Waals surface area contributed by atoms with Gasteiger partial charge in [0.05, 0.1) is 6.61 Å². The summed E-state index contributed by atoms with van der Waals surface area (Å²) in [5, 5.41) is 8.80. The average molecular weight is 241 g/mol. The molecule has 0 bridgehead atoms. The van der Waals surface area contributed by atoms with Gasteiger partial charge in [0.15, 0.2) is 0 Å². The van der Waals surface area contributed by atoms with Crippen molar-refractivity contribution in [1.29, 1.82) is 0 Å². The third kappa shape index (κ3) is 6.30. The largest absolute Gasteiger partial charge is 0.411 e. The maximum Gasteiger partial charge on any atom is 0.411 e. The van der Waals surface area contributed by atoms with E-state index < -0.39 is 12.8 Å². The molecule has 1 aliphatic carbocycles. The Kier molecular flexibility index (Phi) is 5.51. The maximum atomic E-state index is 11.7. The molecule has 0 atom stereocenters. The first kappa shape index (κ1) is 13.7. The zero-order chi connectivity index (χ0) is 12.0. The first-order valence-electron chi connectivity index (χ1n) is 5.52. The molecule has 0 aromatic carbocycles. The molecular weight excluding hydrogens is 223 g/mol. The average Bonchev–Trinajstić information content (AvgIpc) is 2.97. The van der Waals surface area contributed by atoms with Gasteiger partial charge in [0.1, 0.15) is 6.61 Å². The number of aliphatic hydroxyl groups is 1. The highest BCUT2D eigenvalue weighted by Crippen LogP contribution is 2.26. The van der Waals surface area contributed by atoms with E-state index in [4.69, 9.17) is 5.11 Å². The van der Waals surface area contributed by atoms with Gasteiger partial charge in [-0.25, -0.2) is 0 Å². The first-order valence-corrected chi connectivity index (χ1v) is 5.52. The summed E-state index contributed by atoms with van der Waals surface area (Å²) in [5.41, 5.74) is 0. The molecule has 1 rings (SSSR count). The van der Waals surface area contributed by atoms with Gasteiger partial charge in [-0.3, -0.25) is 4.90 Å². The standard InChI is InChI=1S/C10H18F3NO2/c11-10(12,13)8-16-7-1-4-14(5-6-15)9-2-3-9/h9,15H,1-8H2. The maximum absolute atomic E-state index is 11.7. The number of alkyl halides is 3. The summed E-state index contributed by atoms with van der Waals surface area (Å²) in [6, 6.07) is 0.523. The van der Waals surface area contributed by atoms with Gasteiger partial charge in [0.2, 0.25) is 0 Å². The molecule has 3 nitrogen and oxygen atoms in total. The second-order valence-electron chi connectivity index (χ2n) is 4.01. The smallest absolute Gasteiger partial charge is 0.395 e. The van der Waals surface area contributed by atoms with Crippen LogP contribution in [-0.2, 0) is 4.74 Å². The van der Waals surface area contributed by atoms with Gasteiger partial charge in [0.25, 0.3) is 0 Å². The zero-order valence-corrected chi connectivity index (χ0v) is 9.17. The molecule has 0 heterocycles. The molecule has 6 heteroatoms. The van der Waals surface area contributed by atoms with E-state index in [0.29, 0.717) is 25.6 Å². The van der Waals surface area contributed by atoms with Crippen LogP contribution in [0.3, 0.4) is 0 Å². The molecule has 96 valence electrons. The number of halogens is 3. The third-order valence-electron chi connectivity index (χ3n) is 2.45. The van der Waals surface area contributed by atoms with Crippen molar-refractivity contribution in [1.82, 2.24) is 4.90 Å². The highest BCUT2D eigenvalue weighted by atomic mass is 19.4. The third-order valence-corrected chi connectivity index (χ3v) is 2.45. The van der Waals surface area contributed by atoms with Crippen molar-refractivity contribution >= 4 is 0 Å². The molecule has 1 saturated carbocycles. The lowest BCUT2D eigenvalue weighted by Gasteiger charge is -2.20. The van der Waals surface area contributed by atoms with Crippen molar-refractivity contribution in [2.24, 2.45) is 0 Å². The predicted octanol–water partition coefficient (Wildman–Crippen LogP) is 1.41. The Labute approximate surface area is 93.2 Å². The number of rotatable bonds is 8. The molecule has 1 aliphatic rings. The topological polar surface area (TPSA) is 32.7 Å². The van der Waals surface area contributed by atoms with Gasteiger partial charge in [-0.1, -0.05) is 0 Å². The molecular formula is C10H18F3NO2. The van der Waals surface area contributed by atoms with Crippen LogP contribution in [0.5, 0.6) is 0 Å². The number of aliphatic hydroxyl groups excluding tert-OH is 1. The lowest BCUT2D eigenvalue weighted by Crippen LogP contribution is -2.31. The molecule has 0 unspecified atom stereocenters. The van der Waals surface area contributed by atoms with E-state index >= 15 is 0 Å². The second-order valence-corrected chi connectivity index (χ2v) is 4.01. The fourth-order valence-electron chi connectivity index (χ4n) is 1.60. The van der Waals surface area contributed by atoms with Crippen LogP contribution in [0.15, 0.2) is 0 Å². The SMILES string of the molecule is OCCN(CCCOCC(F)(F)F)C1CC1. The van der Waals surface area contributed by atoms with Gasteiger partial charge in [-0.15, -0.1) is 0 Å². The van der Waals surface area contributed by atoms with E-state index in [1.807, 2.05) is 0 Å². The van der Waals surface area contributed by atoms with E-state index in [1.54, 1.807) is 0 Å². The first-order chi connectivity index (χ1) is 7.53. The quantitative estimate of drug-likeness (QED) is 0.652. The van der Waals surface area contributed by atoms with Crippen molar-refractivity contribution in [3.63, 3.8) is 0 Å². The van der Waals surface area contributed by atoms with Gasteiger partial charge >= 0.3 is 6.18 Å². The fourth-order valence-corrected chi connectivity index (χ4v) is 1.60. The molecule has 0 amide bonds. The van der Waals surface area contributed by atoms with E-state index in [2.05, 4.69) is 9.64 Å². The molecule has 0 aromatic rings. The van der Waals surface area contributed by atoms with Crippen LogP contribution in [0, 0.1) is 0 Å². The van der Waals surface area contributed by atoms with Gasteiger partial charge in [0, 0.05) is 25.7 Å². The Morgan fingerprint density at radius 3 is 2.44 bits per heavy atom. The predicted molar refractivity (Wildman–Crippen MR) is 53.2 cm³/mol. The fraction of sp³-hybridized carbons (Fsp3) is 1.00. The highest BCUT2D eigenvalue weighted by Gasteiger charge is 2.29. The van der Waals surface area contributed by atoms with E-state index in [9.17, 15) is 13.2 Å². The summed E-state index contributed by atoms with van der Waals surface area (Å²) in [7, 11) is 0. The zero-order valence-electron chi connectivity index (χ0n) is 9.17. The van der Waals surface area contributed by atoms with E-state index in [0.717, 1.165) is 12.8 Å². The summed E-state index contributed by atoms with van der Waals surface area (Å²) < 4.78 is 39.7. The summed E-state index contributed by atoms with van der Waals surface area (Å²) in [5.74, 6) is 0. The lowest BCUT2D eigenvalue weighted by molar-refractivity contribution is -0.174. The molecule has 0 spiro atoms. The Bertz CT molecular complexity index is 195. The summed E-state index contributed by atoms with van der Waals surface area (Å²) in [6.45, 7) is 0.345. The minimum absolute atomic E-state index is 0.0971. The number of ether oxygens (including phenoxy) is 1. The molecule has 0 saturated heterocycles. The molecule has 0 aliphatic heterocycles. The van der Waals surface area contributed by atoms with Crippen LogP contribution in [0.2, 0.25) is 0 Å². The number of hydrogen-bond donors (Lipinski definition) is 1. The van der Waals surface area contributed by atoms with Crippen LogP contribution in [0.4, 0.5) is 13.2 Å². The molecule has 0 aromatic heterocycles. The monoisotopic (exact) mass is 241 g/mol. The summed E-state index contributed by atoms with van der Waals surface area (Å²) >= 11 is 0. The van der Waals surface area contributed by atoms with Crippen LogP contribution >= 0.6 is 0 Å². The van der Waals surface area contributed by atoms with Crippen LogP contribution < -0.4 is 0 Å². The number of hydrogen-bond acceptors (Lipinski definition) is 3. The van der Waals surface area contributed by atoms with Crippen molar-refractivity contribution in [3.8, 4) is 0 Å². The number of nitrogens with zero attached hydrogens (tertiary/aromatic N) is 1. The molecule has 1 N–H and O–H groups in total. The van der Waals surface area contributed by atoms with Crippen molar-refractivity contribution in [2.75, 3.05) is 32.9 Å².